The van der Waals surface area contributed by atoms with Gasteiger partial charge < -0.3 is 15.7 Å². The Morgan fingerprint density at radius 3 is 2.73 bits per heavy atom. The smallest absolute Gasteiger partial charge is 0.222 e. The molecule has 1 saturated heterocycles. The summed E-state index contributed by atoms with van der Waals surface area (Å²) in [5.74, 6) is 0.285. The van der Waals surface area contributed by atoms with Crippen molar-refractivity contribution < 1.29 is 9.90 Å². The summed E-state index contributed by atoms with van der Waals surface area (Å²) < 4.78 is 0. The van der Waals surface area contributed by atoms with Crippen LogP contribution in [0.25, 0.3) is 0 Å². The highest BCUT2D eigenvalue weighted by Crippen LogP contribution is 2.21. The maximum Gasteiger partial charge on any atom is 0.222 e. The third-order valence-electron chi connectivity index (χ3n) is 3.13. The van der Waals surface area contributed by atoms with Crippen molar-refractivity contribution in [2.24, 2.45) is 11.7 Å². The van der Waals surface area contributed by atoms with E-state index in [2.05, 4.69) is 0 Å². The molecule has 0 spiro atoms. The van der Waals surface area contributed by atoms with E-state index in [9.17, 15) is 9.90 Å². The van der Waals surface area contributed by atoms with E-state index < -0.39 is 0 Å². The van der Waals surface area contributed by atoms with E-state index in [4.69, 9.17) is 5.73 Å². The second-order valence-electron chi connectivity index (χ2n) is 4.38. The predicted molar refractivity (Wildman–Crippen MR) is 59.3 cm³/mol. The minimum Gasteiger partial charge on any atom is -0.393 e. The number of aliphatic hydroxyl groups is 1. The molecule has 3 unspecified atom stereocenters. The zero-order valence-electron chi connectivity index (χ0n) is 9.65. The summed E-state index contributed by atoms with van der Waals surface area (Å²) in [5.41, 5.74) is 5.90. The molecule has 1 aliphatic heterocycles. The summed E-state index contributed by atoms with van der Waals surface area (Å²) in [6.45, 7) is 5.11. The van der Waals surface area contributed by atoms with Crippen LogP contribution in [0.5, 0.6) is 0 Å². The van der Waals surface area contributed by atoms with Gasteiger partial charge in [-0.15, -0.1) is 0 Å². The largest absolute Gasteiger partial charge is 0.393 e. The van der Waals surface area contributed by atoms with Crippen molar-refractivity contribution in [3.8, 4) is 0 Å². The van der Waals surface area contributed by atoms with Gasteiger partial charge in [0, 0.05) is 31.5 Å². The molecule has 1 amide bonds. The molecule has 0 saturated carbocycles. The van der Waals surface area contributed by atoms with Gasteiger partial charge in [-0.3, -0.25) is 4.79 Å². The Morgan fingerprint density at radius 1 is 1.53 bits per heavy atom. The predicted octanol–water partition coefficient (Wildman–Crippen LogP) is 0.343. The van der Waals surface area contributed by atoms with Crippen LogP contribution in [-0.2, 0) is 4.79 Å². The number of nitrogens with zero attached hydrogens (tertiary/aromatic N) is 1. The summed E-state index contributed by atoms with van der Waals surface area (Å²) in [6, 6.07) is 0.0143. The van der Waals surface area contributed by atoms with Gasteiger partial charge in [0.1, 0.15) is 0 Å². The lowest BCUT2D eigenvalue weighted by Crippen LogP contribution is -2.51. The van der Waals surface area contributed by atoms with Gasteiger partial charge in [-0.2, -0.15) is 0 Å². The summed E-state index contributed by atoms with van der Waals surface area (Å²) in [6.07, 6.45) is 1.74. The molecule has 0 aromatic heterocycles. The number of rotatable bonds is 3. The number of nitrogens with two attached hydrogens (primary N) is 1. The molecule has 15 heavy (non-hydrogen) atoms. The maximum atomic E-state index is 11.6. The highest BCUT2D eigenvalue weighted by molar-refractivity contribution is 5.76. The summed E-state index contributed by atoms with van der Waals surface area (Å²) >= 11 is 0. The zero-order chi connectivity index (χ0) is 11.4. The first kappa shape index (κ1) is 12.5. The zero-order valence-corrected chi connectivity index (χ0v) is 9.65. The number of aliphatic hydroxyl groups excluding tert-OH is 1. The van der Waals surface area contributed by atoms with E-state index in [1.54, 1.807) is 4.90 Å². The number of hydrogen-bond donors (Lipinski definition) is 2. The lowest BCUT2D eigenvalue weighted by Gasteiger charge is -2.38. The lowest BCUT2D eigenvalue weighted by molar-refractivity contribution is -0.134. The minimum absolute atomic E-state index is 0.0143. The van der Waals surface area contributed by atoms with Crippen molar-refractivity contribution in [3.63, 3.8) is 0 Å². The Kier molecular flexibility index (Phi) is 4.54. The Labute approximate surface area is 91.4 Å². The number of amides is 1. The van der Waals surface area contributed by atoms with Crippen molar-refractivity contribution in [1.29, 1.82) is 0 Å². The van der Waals surface area contributed by atoms with Crippen LogP contribution in [0.3, 0.4) is 0 Å². The SMILES string of the molecule is CCC(=O)N1CC(N)CC(C(O)CC)C1. The Balaban J connectivity index is 2.59. The first-order valence-corrected chi connectivity index (χ1v) is 5.79. The molecular formula is C11H22N2O2. The molecule has 0 aliphatic carbocycles. The van der Waals surface area contributed by atoms with Crippen molar-refractivity contribution in [3.05, 3.63) is 0 Å². The van der Waals surface area contributed by atoms with Crippen molar-refractivity contribution in [2.75, 3.05) is 13.1 Å². The third-order valence-corrected chi connectivity index (χ3v) is 3.13. The highest BCUT2D eigenvalue weighted by atomic mass is 16.3. The molecule has 1 fully saturated rings. The molecule has 3 atom stereocenters. The molecule has 4 nitrogen and oxygen atoms in total. The summed E-state index contributed by atoms with van der Waals surface area (Å²) in [4.78, 5) is 13.3. The van der Waals surface area contributed by atoms with Crippen molar-refractivity contribution >= 4 is 5.91 Å². The first-order chi connectivity index (χ1) is 7.08. The second-order valence-corrected chi connectivity index (χ2v) is 4.38. The number of carbonyl (C=O) groups is 1. The first-order valence-electron chi connectivity index (χ1n) is 5.79. The van der Waals surface area contributed by atoms with Crippen molar-refractivity contribution in [2.45, 2.75) is 45.3 Å². The molecule has 1 rings (SSSR count). The lowest BCUT2D eigenvalue weighted by atomic mass is 9.88. The van der Waals surface area contributed by atoms with Crippen LogP contribution < -0.4 is 5.73 Å². The maximum absolute atomic E-state index is 11.6. The van der Waals surface area contributed by atoms with Crippen LogP contribution >= 0.6 is 0 Å². The van der Waals surface area contributed by atoms with E-state index in [0.717, 1.165) is 12.8 Å². The molecule has 3 N–H and O–H groups in total. The molecule has 0 bridgehead atoms. The molecule has 0 aromatic rings. The topological polar surface area (TPSA) is 66.6 Å². The van der Waals surface area contributed by atoms with Gasteiger partial charge in [0.25, 0.3) is 0 Å². The Bertz CT molecular complexity index is 221. The molecule has 4 heteroatoms. The average Bonchev–Trinajstić information content (AvgIpc) is 2.26. The molecule has 0 radical (unpaired) electrons. The van der Waals surface area contributed by atoms with Gasteiger partial charge in [-0.25, -0.2) is 0 Å². The van der Waals surface area contributed by atoms with Gasteiger partial charge in [0.15, 0.2) is 0 Å². The normalized spacial score (nSPS) is 28.9. The van der Waals surface area contributed by atoms with Crippen molar-refractivity contribution in [1.82, 2.24) is 4.90 Å². The van der Waals surface area contributed by atoms with E-state index in [1.807, 2.05) is 13.8 Å². The fraction of sp³-hybridized carbons (Fsp3) is 0.909. The quantitative estimate of drug-likeness (QED) is 0.712. The van der Waals surface area contributed by atoms with Crippen LogP contribution in [0.15, 0.2) is 0 Å². The molecule has 88 valence electrons. The highest BCUT2D eigenvalue weighted by Gasteiger charge is 2.30. The van der Waals surface area contributed by atoms with Crippen LogP contribution in [0.2, 0.25) is 0 Å². The van der Waals surface area contributed by atoms with Gasteiger partial charge in [-0.1, -0.05) is 13.8 Å². The van der Waals surface area contributed by atoms with E-state index in [-0.39, 0.29) is 24.0 Å². The van der Waals surface area contributed by atoms with Gasteiger partial charge in [0.05, 0.1) is 6.10 Å². The standard InChI is InChI=1S/C11H22N2O2/c1-3-10(14)8-5-9(12)7-13(6-8)11(15)4-2/h8-10,14H,3-7,12H2,1-2H3. The number of carbonyl (C=O) groups excluding carboxylic acids is 1. The van der Waals surface area contributed by atoms with Gasteiger partial charge >= 0.3 is 0 Å². The van der Waals surface area contributed by atoms with E-state index in [1.165, 1.54) is 0 Å². The van der Waals surface area contributed by atoms with E-state index >= 15 is 0 Å². The van der Waals surface area contributed by atoms with Crippen LogP contribution in [0.1, 0.15) is 33.1 Å². The van der Waals surface area contributed by atoms with Crippen LogP contribution in [-0.4, -0.2) is 41.1 Å². The van der Waals surface area contributed by atoms with Gasteiger partial charge in [-0.05, 0) is 12.8 Å². The number of piperidine rings is 1. The van der Waals surface area contributed by atoms with E-state index in [0.29, 0.717) is 19.5 Å². The fourth-order valence-corrected chi connectivity index (χ4v) is 2.22. The third kappa shape index (κ3) is 3.18. The number of likely N-dealkylation sites (tertiary alicyclic amines) is 1. The fourth-order valence-electron chi connectivity index (χ4n) is 2.22. The molecule has 1 heterocycles. The molecule has 0 aromatic carbocycles. The van der Waals surface area contributed by atoms with Crippen LogP contribution in [0.4, 0.5) is 0 Å². The number of hydrogen-bond acceptors (Lipinski definition) is 3. The van der Waals surface area contributed by atoms with Gasteiger partial charge in [0.2, 0.25) is 5.91 Å². The Hall–Kier alpha value is -0.610. The minimum atomic E-state index is -0.330. The molecular weight excluding hydrogens is 192 g/mol. The summed E-state index contributed by atoms with van der Waals surface area (Å²) in [5, 5.41) is 9.78. The second kappa shape index (κ2) is 5.47. The Morgan fingerprint density at radius 2 is 2.20 bits per heavy atom. The summed E-state index contributed by atoms with van der Waals surface area (Å²) in [7, 11) is 0. The monoisotopic (exact) mass is 214 g/mol. The molecule has 1 aliphatic rings. The average molecular weight is 214 g/mol. The van der Waals surface area contributed by atoms with Crippen LogP contribution in [0, 0.1) is 5.92 Å².